The van der Waals surface area contributed by atoms with Crippen LogP contribution in [0.4, 0.5) is 0 Å². The molecule has 0 aromatic carbocycles. The third-order valence-electron chi connectivity index (χ3n) is 5.94. The molecule has 0 aliphatic carbocycles. The summed E-state index contributed by atoms with van der Waals surface area (Å²) in [6.07, 6.45) is 7.10. The second-order valence-corrected chi connectivity index (χ2v) is 9.48. The molecule has 0 saturated carbocycles. The molecule has 1 aromatic heterocycles. The number of sulfonamides is 1. The van der Waals surface area contributed by atoms with Crippen molar-refractivity contribution in [1.82, 2.24) is 13.8 Å². The van der Waals surface area contributed by atoms with Gasteiger partial charge in [0.15, 0.2) is 0 Å². The van der Waals surface area contributed by atoms with E-state index in [4.69, 9.17) is 0 Å². The number of piperidine rings is 1. The van der Waals surface area contributed by atoms with Crippen LogP contribution >= 0.6 is 0 Å². The van der Waals surface area contributed by atoms with Crippen molar-refractivity contribution in [3.63, 3.8) is 0 Å². The second kappa shape index (κ2) is 7.72. The molecule has 0 radical (unpaired) electrons. The van der Waals surface area contributed by atoms with Crippen LogP contribution in [-0.2, 0) is 17.1 Å². The molecule has 1 aromatic rings. The normalized spacial score (nSPS) is 20.2. The lowest BCUT2D eigenvalue weighted by molar-refractivity contribution is 0.0757. The molecule has 2 fully saturated rings. The van der Waals surface area contributed by atoms with E-state index in [9.17, 15) is 13.2 Å². The Kier molecular flexibility index (Phi) is 5.77. The van der Waals surface area contributed by atoms with E-state index in [1.165, 1.54) is 0 Å². The fourth-order valence-corrected chi connectivity index (χ4v) is 6.15. The highest BCUT2D eigenvalue weighted by atomic mass is 32.2. The van der Waals surface area contributed by atoms with Gasteiger partial charge in [-0.2, -0.15) is 4.31 Å². The monoisotopic (exact) mass is 381 g/mol. The van der Waals surface area contributed by atoms with Crippen LogP contribution in [0, 0.1) is 13.8 Å². The van der Waals surface area contributed by atoms with E-state index in [2.05, 4.69) is 0 Å². The van der Waals surface area contributed by atoms with Gasteiger partial charge >= 0.3 is 0 Å². The molecule has 0 N–H and O–H groups in total. The Hall–Kier alpha value is -1.34. The van der Waals surface area contributed by atoms with Crippen LogP contribution in [0.5, 0.6) is 0 Å². The van der Waals surface area contributed by atoms with Crippen molar-refractivity contribution in [2.24, 2.45) is 7.05 Å². The summed E-state index contributed by atoms with van der Waals surface area (Å²) in [5, 5.41) is 0. The summed E-state index contributed by atoms with van der Waals surface area (Å²) < 4.78 is 30.2. The maximum absolute atomic E-state index is 13.4. The number of aromatic nitrogens is 1. The molecule has 3 heterocycles. The lowest BCUT2D eigenvalue weighted by Crippen LogP contribution is -2.38. The van der Waals surface area contributed by atoms with Gasteiger partial charge in [-0.15, -0.1) is 0 Å². The minimum atomic E-state index is -3.65. The highest BCUT2D eigenvalue weighted by Crippen LogP contribution is 2.31. The van der Waals surface area contributed by atoms with Crippen molar-refractivity contribution >= 4 is 15.9 Å². The van der Waals surface area contributed by atoms with E-state index in [1.54, 1.807) is 4.31 Å². The van der Waals surface area contributed by atoms with E-state index in [0.717, 1.165) is 63.7 Å². The zero-order chi connectivity index (χ0) is 18.9. The molecule has 1 amide bonds. The molecule has 6 nitrogen and oxygen atoms in total. The highest BCUT2D eigenvalue weighted by molar-refractivity contribution is 7.89. The molecule has 26 heavy (non-hydrogen) atoms. The van der Waals surface area contributed by atoms with Crippen molar-refractivity contribution < 1.29 is 13.2 Å². The van der Waals surface area contributed by atoms with E-state index in [0.29, 0.717) is 24.3 Å². The molecule has 0 spiro atoms. The van der Waals surface area contributed by atoms with Crippen LogP contribution in [0.1, 0.15) is 66.7 Å². The van der Waals surface area contributed by atoms with Crippen LogP contribution in [0.3, 0.4) is 0 Å². The maximum atomic E-state index is 13.4. The first kappa shape index (κ1) is 19.4. The van der Waals surface area contributed by atoms with Gasteiger partial charge in [0, 0.05) is 44.6 Å². The van der Waals surface area contributed by atoms with Crippen LogP contribution in [0.15, 0.2) is 4.90 Å². The minimum absolute atomic E-state index is 0.122. The maximum Gasteiger partial charge on any atom is 0.257 e. The minimum Gasteiger partial charge on any atom is -0.350 e. The van der Waals surface area contributed by atoms with Crippen molar-refractivity contribution in [3.05, 3.63) is 17.0 Å². The van der Waals surface area contributed by atoms with Gasteiger partial charge < -0.3 is 9.47 Å². The average Bonchev–Trinajstić information content (AvgIpc) is 2.84. The topological polar surface area (TPSA) is 62.6 Å². The van der Waals surface area contributed by atoms with Crippen molar-refractivity contribution in [3.8, 4) is 0 Å². The lowest BCUT2D eigenvalue weighted by Gasteiger charge is -2.27. The predicted octanol–water partition coefficient (Wildman–Crippen LogP) is 2.83. The molecule has 2 aliphatic rings. The number of hydrogen-bond donors (Lipinski definition) is 0. The summed E-state index contributed by atoms with van der Waals surface area (Å²) in [5.74, 6) is -0.122. The van der Waals surface area contributed by atoms with E-state index < -0.39 is 10.0 Å². The number of hydrogen-bond acceptors (Lipinski definition) is 3. The number of amides is 1. The highest BCUT2D eigenvalue weighted by Gasteiger charge is 2.36. The SMILES string of the molecule is Cc1c(C(=O)N2CCCCCC2)c(S(=O)(=O)N2CCCCC2)c(C)n1C. The van der Waals surface area contributed by atoms with Gasteiger partial charge in [0.25, 0.3) is 5.91 Å². The van der Waals surface area contributed by atoms with E-state index in [-0.39, 0.29) is 10.8 Å². The predicted molar refractivity (Wildman–Crippen MR) is 102 cm³/mol. The number of carbonyl (C=O) groups excluding carboxylic acids is 1. The molecular formula is C19H31N3O3S. The van der Waals surface area contributed by atoms with Crippen molar-refractivity contribution in [2.75, 3.05) is 26.2 Å². The largest absolute Gasteiger partial charge is 0.350 e. The number of rotatable bonds is 3. The third-order valence-corrected chi connectivity index (χ3v) is 8.00. The molecular weight excluding hydrogens is 350 g/mol. The Morgan fingerprint density at radius 3 is 1.88 bits per heavy atom. The first-order valence-corrected chi connectivity index (χ1v) is 11.2. The van der Waals surface area contributed by atoms with E-state index >= 15 is 0 Å². The van der Waals surface area contributed by atoms with Crippen LogP contribution < -0.4 is 0 Å². The van der Waals surface area contributed by atoms with Gasteiger partial charge in [0.1, 0.15) is 4.90 Å². The lowest BCUT2D eigenvalue weighted by atomic mass is 10.2. The summed E-state index contributed by atoms with van der Waals surface area (Å²) in [6.45, 7) is 6.20. The fourth-order valence-electron chi connectivity index (χ4n) is 4.15. The summed E-state index contributed by atoms with van der Waals surface area (Å²) in [4.78, 5) is 15.4. The van der Waals surface area contributed by atoms with Crippen molar-refractivity contribution in [2.45, 2.75) is 63.7 Å². The summed E-state index contributed by atoms with van der Waals surface area (Å²) >= 11 is 0. The van der Waals surface area contributed by atoms with Gasteiger partial charge in [0.2, 0.25) is 10.0 Å². The molecule has 7 heteroatoms. The first-order chi connectivity index (χ1) is 12.4. The summed E-state index contributed by atoms with van der Waals surface area (Å²) in [6, 6.07) is 0. The van der Waals surface area contributed by atoms with Crippen LogP contribution in [-0.4, -0.2) is 54.3 Å². The summed E-state index contributed by atoms with van der Waals surface area (Å²) in [5.41, 5.74) is 1.79. The molecule has 2 aliphatic heterocycles. The quantitative estimate of drug-likeness (QED) is 0.809. The molecule has 146 valence electrons. The molecule has 3 rings (SSSR count). The van der Waals surface area contributed by atoms with Gasteiger partial charge in [-0.1, -0.05) is 19.3 Å². The number of nitrogens with zero attached hydrogens (tertiary/aromatic N) is 3. The Balaban J connectivity index is 2.05. The Labute approximate surface area is 157 Å². The smallest absolute Gasteiger partial charge is 0.257 e. The number of carbonyl (C=O) groups is 1. The van der Waals surface area contributed by atoms with Gasteiger partial charge in [0.05, 0.1) is 5.56 Å². The van der Waals surface area contributed by atoms with Crippen LogP contribution in [0.2, 0.25) is 0 Å². The van der Waals surface area contributed by atoms with E-state index in [1.807, 2.05) is 30.4 Å². The zero-order valence-electron chi connectivity index (χ0n) is 16.3. The molecule has 0 bridgehead atoms. The van der Waals surface area contributed by atoms with Crippen LogP contribution in [0.25, 0.3) is 0 Å². The zero-order valence-corrected chi connectivity index (χ0v) is 17.1. The van der Waals surface area contributed by atoms with Gasteiger partial charge in [-0.3, -0.25) is 4.79 Å². The van der Waals surface area contributed by atoms with Crippen molar-refractivity contribution in [1.29, 1.82) is 0 Å². The van der Waals surface area contributed by atoms with Gasteiger partial charge in [-0.05, 0) is 39.5 Å². The fraction of sp³-hybridized carbons (Fsp3) is 0.737. The Morgan fingerprint density at radius 1 is 0.808 bits per heavy atom. The summed E-state index contributed by atoms with van der Waals surface area (Å²) in [7, 11) is -1.81. The standard InChI is InChI=1S/C19H31N3O3S/c1-15-17(19(23)21-11-7-4-5-8-12-21)18(16(2)20(15)3)26(24,25)22-13-9-6-10-14-22/h4-14H2,1-3H3. The molecule has 2 saturated heterocycles. The molecule has 0 unspecified atom stereocenters. The second-order valence-electron chi connectivity index (χ2n) is 7.61. The van der Waals surface area contributed by atoms with Gasteiger partial charge in [-0.25, -0.2) is 8.42 Å². The Bertz CT molecular complexity index is 768. The Morgan fingerprint density at radius 2 is 1.31 bits per heavy atom. The first-order valence-electron chi connectivity index (χ1n) is 9.81. The molecule has 0 atom stereocenters. The average molecular weight is 382 g/mol. The number of likely N-dealkylation sites (tertiary alicyclic amines) is 1. The third kappa shape index (κ3) is 3.43.